The Morgan fingerprint density at radius 2 is 1.55 bits per heavy atom. The Morgan fingerprint density at radius 1 is 0.947 bits per heavy atom. The van der Waals surface area contributed by atoms with Crippen LogP contribution in [0.2, 0.25) is 0 Å². The van der Waals surface area contributed by atoms with E-state index in [1.807, 2.05) is 85.8 Å². The number of carbonyl (C=O) groups is 2. The Morgan fingerprint density at radius 3 is 2.21 bits per heavy atom. The number of nitrogens with one attached hydrogen (secondary N) is 1. The fraction of sp³-hybridized carbons (Fsp3) is 0.267. The maximum atomic E-state index is 13.6. The molecule has 38 heavy (non-hydrogen) atoms. The first-order valence-electron chi connectivity index (χ1n) is 12.6. The molecule has 3 aromatic carbocycles. The van der Waals surface area contributed by atoms with Crippen molar-refractivity contribution in [2.75, 3.05) is 0 Å². The van der Waals surface area contributed by atoms with E-state index in [1.165, 1.54) is 0 Å². The first-order valence-corrected chi connectivity index (χ1v) is 12.6. The lowest BCUT2D eigenvalue weighted by atomic mass is 9.98. The first kappa shape index (κ1) is 26.6. The average Bonchev–Trinajstić information content (AvgIpc) is 3.38. The van der Waals surface area contributed by atoms with Gasteiger partial charge in [0.25, 0.3) is 5.91 Å². The quantitative estimate of drug-likeness (QED) is 0.321. The molecule has 196 valence electrons. The standard InChI is InChI=1S/C30H33N5O3/c1-23(19-34-21-26(32-33-34)22-38-27-17-11-6-12-18-27)31-29(37)30(2,3)35(20-24-13-7-4-8-14-24)28(36)25-15-9-5-10-16-25/h4-18,21,23H,19-20,22H2,1-3H3,(H,31,37)/t23-/m0/s1. The van der Waals surface area contributed by atoms with E-state index in [0.29, 0.717) is 31.0 Å². The van der Waals surface area contributed by atoms with Crippen LogP contribution in [0.4, 0.5) is 0 Å². The second-order valence-corrected chi connectivity index (χ2v) is 9.71. The molecule has 2 amide bonds. The molecule has 1 atom stereocenters. The SMILES string of the molecule is C[C@@H](Cn1cc(COc2ccccc2)nn1)NC(=O)C(C)(C)N(Cc1ccccc1)C(=O)c1ccccc1. The first-order chi connectivity index (χ1) is 18.3. The summed E-state index contributed by atoms with van der Waals surface area (Å²) >= 11 is 0. The summed E-state index contributed by atoms with van der Waals surface area (Å²) in [6.45, 7) is 6.47. The van der Waals surface area contributed by atoms with Crippen LogP contribution in [0, 0.1) is 0 Å². The van der Waals surface area contributed by atoms with Crippen LogP contribution in [0.25, 0.3) is 0 Å². The van der Waals surface area contributed by atoms with E-state index in [9.17, 15) is 9.59 Å². The number of nitrogens with zero attached hydrogens (tertiary/aromatic N) is 4. The second kappa shape index (κ2) is 12.2. The third kappa shape index (κ3) is 6.85. The molecule has 0 radical (unpaired) electrons. The van der Waals surface area contributed by atoms with Gasteiger partial charge in [-0.25, -0.2) is 0 Å². The summed E-state index contributed by atoms with van der Waals surface area (Å²) in [6, 6.07) is 28.0. The van der Waals surface area contributed by atoms with Gasteiger partial charge in [-0.15, -0.1) is 5.10 Å². The van der Waals surface area contributed by atoms with Gasteiger partial charge in [-0.3, -0.25) is 14.3 Å². The van der Waals surface area contributed by atoms with Crippen molar-refractivity contribution in [2.45, 2.75) is 52.0 Å². The Bertz CT molecular complexity index is 1320. The van der Waals surface area contributed by atoms with Gasteiger partial charge in [0.2, 0.25) is 5.91 Å². The number of benzene rings is 3. The van der Waals surface area contributed by atoms with Crippen molar-refractivity contribution >= 4 is 11.8 Å². The molecule has 0 bridgehead atoms. The molecule has 4 aromatic rings. The Balaban J connectivity index is 1.41. The van der Waals surface area contributed by atoms with Gasteiger partial charge in [0.15, 0.2) is 0 Å². The molecular formula is C30H33N5O3. The smallest absolute Gasteiger partial charge is 0.255 e. The summed E-state index contributed by atoms with van der Waals surface area (Å²) in [5.74, 6) is 0.301. The van der Waals surface area contributed by atoms with Gasteiger partial charge in [0.1, 0.15) is 23.6 Å². The monoisotopic (exact) mass is 511 g/mol. The second-order valence-electron chi connectivity index (χ2n) is 9.71. The number of rotatable bonds is 11. The van der Waals surface area contributed by atoms with Crippen molar-refractivity contribution in [1.29, 1.82) is 0 Å². The van der Waals surface area contributed by atoms with Crippen LogP contribution < -0.4 is 10.1 Å². The molecule has 0 fully saturated rings. The van der Waals surface area contributed by atoms with Gasteiger partial charge < -0.3 is 15.0 Å². The minimum absolute atomic E-state index is 0.207. The van der Waals surface area contributed by atoms with Crippen molar-refractivity contribution in [3.05, 3.63) is 114 Å². The van der Waals surface area contributed by atoms with Crippen LogP contribution in [0.15, 0.2) is 97.2 Å². The third-order valence-corrected chi connectivity index (χ3v) is 6.23. The van der Waals surface area contributed by atoms with Gasteiger partial charge in [-0.05, 0) is 50.6 Å². The fourth-order valence-electron chi connectivity index (χ4n) is 4.04. The Kier molecular flexibility index (Phi) is 8.53. The number of amides is 2. The van der Waals surface area contributed by atoms with E-state index < -0.39 is 5.54 Å². The lowest BCUT2D eigenvalue weighted by Crippen LogP contribution is -2.58. The average molecular weight is 512 g/mol. The van der Waals surface area contributed by atoms with Crippen LogP contribution in [-0.4, -0.2) is 43.3 Å². The predicted octanol–water partition coefficient (Wildman–Crippen LogP) is 4.48. The lowest BCUT2D eigenvalue weighted by Gasteiger charge is -2.38. The van der Waals surface area contributed by atoms with Crippen molar-refractivity contribution in [3.8, 4) is 5.75 Å². The fourth-order valence-corrected chi connectivity index (χ4v) is 4.04. The summed E-state index contributed by atoms with van der Waals surface area (Å²) in [6.07, 6.45) is 1.80. The van der Waals surface area contributed by atoms with Crippen LogP contribution in [0.3, 0.4) is 0 Å². The lowest BCUT2D eigenvalue weighted by molar-refractivity contribution is -0.131. The topological polar surface area (TPSA) is 89.3 Å². The molecule has 1 heterocycles. The highest BCUT2D eigenvalue weighted by Crippen LogP contribution is 2.22. The van der Waals surface area contributed by atoms with Crippen molar-refractivity contribution in [1.82, 2.24) is 25.2 Å². The largest absolute Gasteiger partial charge is 0.487 e. The van der Waals surface area contributed by atoms with E-state index in [4.69, 9.17) is 4.74 Å². The van der Waals surface area contributed by atoms with Crippen LogP contribution >= 0.6 is 0 Å². The molecule has 0 unspecified atom stereocenters. The highest BCUT2D eigenvalue weighted by Gasteiger charge is 2.38. The number of para-hydroxylation sites is 1. The molecule has 0 aliphatic carbocycles. The molecule has 1 aromatic heterocycles. The predicted molar refractivity (Wildman–Crippen MR) is 145 cm³/mol. The number of ether oxygens (including phenoxy) is 1. The van der Waals surface area contributed by atoms with Gasteiger partial charge in [0.05, 0.1) is 12.7 Å². The molecular weight excluding hydrogens is 478 g/mol. The normalized spacial score (nSPS) is 12.0. The summed E-state index contributed by atoms with van der Waals surface area (Å²) in [5, 5.41) is 11.4. The zero-order chi connectivity index (χ0) is 27.0. The number of carbonyl (C=O) groups excluding carboxylic acids is 2. The van der Waals surface area contributed by atoms with Gasteiger partial charge in [-0.1, -0.05) is 71.9 Å². The van der Waals surface area contributed by atoms with E-state index in [0.717, 1.165) is 11.3 Å². The Hall–Kier alpha value is -4.46. The highest BCUT2D eigenvalue weighted by atomic mass is 16.5. The molecule has 8 nitrogen and oxygen atoms in total. The summed E-state index contributed by atoms with van der Waals surface area (Å²) < 4.78 is 7.41. The summed E-state index contributed by atoms with van der Waals surface area (Å²) in [5.41, 5.74) is 1.05. The molecule has 1 N–H and O–H groups in total. The summed E-state index contributed by atoms with van der Waals surface area (Å²) in [4.78, 5) is 28.7. The number of aromatic nitrogens is 3. The van der Waals surface area contributed by atoms with Gasteiger partial charge in [-0.2, -0.15) is 0 Å². The van der Waals surface area contributed by atoms with E-state index in [1.54, 1.807) is 41.8 Å². The summed E-state index contributed by atoms with van der Waals surface area (Å²) in [7, 11) is 0. The van der Waals surface area contributed by atoms with E-state index in [2.05, 4.69) is 15.6 Å². The number of hydrogen-bond donors (Lipinski definition) is 1. The molecule has 8 heteroatoms. The van der Waals surface area contributed by atoms with Gasteiger partial charge in [0, 0.05) is 18.2 Å². The van der Waals surface area contributed by atoms with Crippen LogP contribution in [0.5, 0.6) is 5.75 Å². The van der Waals surface area contributed by atoms with Crippen molar-refractivity contribution < 1.29 is 14.3 Å². The van der Waals surface area contributed by atoms with Crippen LogP contribution in [-0.2, 0) is 24.5 Å². The molecule has 0 spiro atoms. The zero-order valence-corrected chi connectivity index (χ0v) is 21.9. The maximum absolute atomic E-state index is 13.6. The molecule has 0 aliphatic heterocycles. The molecule has 0 aliphatic rings. The highest BCUT2D eigenvalue weighted by molar-refractivity contribution is 5.99. The Labute approximate surface area is 223 Å². The number of hydrogen-bond acceptors (Lipinski definition) is 5. The molecule has 4 rings (SSSR count). The van der Waals surface area contributed by atoms with Gasteiger partial charge >= 0.3 is 0 Å². The van der Waals surface area contributed by atoms with Crippen molar-refractivity contribution in [3.63, 3.8) is 0 Å². The maximum Gasteiger partial charge on any atom is 0.255 e. The minimum atomic E-state index is -1.12. The van der Waals surface area contributed by atoms with E-state index >= 15 is 0 Å². The molecule has 0 saturated carbocycles. The zero-order valence-electron chi connectivity index (χ0n) is 21.9. The third-order valence-electron chi connectivity index (χ3n) is 6.23. The molecule has 0 saturated heterocycles. The van der Waals surface area contributed by atoms with Crippen molar-refractivity contribution in [2.24, 2.45) is 0 Å². The van der Waals surface area contributed by atoms with E-state index in [-0.39, 0.29) is 17.9 Å². The minimum Gasteiger partial charge on any atom is -0.487 e. The van der Waals surface area contributed by atoms with Crippen LogP contribution in [0.1, 0.15) is 42.4 Å².